The predicted octanol–water partition coefficient (Wildman–Crippen LogP) is 2.91. The van der Waals surface area contributed by atoms with Crippen molar-refractivity contribution in [2.45, 2.75) is 19.4 Å². The van der Waals surface area contributed by atoms with Gasteiger partial charge in [0.25, 0.3) is 0 Å². The van der Waals surface area contributed by atoms with Crippen LogP contribution in [0.25, 0.3) is 6.08 Å². The van der Waals surface area contributed by atoms with E-state index in [0.717, 1.165) is 17.0 Å². The molecule has 0 fully saturated rings. The summed E-state index contributed by atoms with van der Waals surface area (Å²) in [5, 5.41) is 3.44. The van der Waals surface area contributed by atoms with E-state index in [1.54, 1.807) is 7.11 Å². The summed E-state index contributed by atoms with van der Waals surface area (Å²) in [6.45, 7) is 4.29. The molecule has 1 aliphatic rings. The minimum atomic E-state index is 0.0271. The van der Waals surface area contributed by atoms with E-state index in [4.69, 9.17) is 4.74 Å². The third-order valence-corrected chi connectivity index (χ3v) is 2.41. The summed E-state index contributed by atoms with van der Waals surface area (Å²) < 4.78 is 5.29. The number of hydrogen-bond acceptors (Lipinski definition) is 2. The van der Waals surface area contributed by atoms with E-state index in [9.17, 15) is 0 Å². The van der Waals surface area contributed by atoms with E-state index < -0.39 is 0 Å². The first-order valence-electron chi connectivity index (χ1n) is 4.77. The Kier molecular flexibility index (Phi) is 1.99. The fourth-order valence-corrected chi connectivity index (χ4v) is 1.68. The van der Waals surface area contributed by atoms with Crippen molar-refractivity contribution in [1.82, 2.24) is 0 Å². The van der Waals surface area contributed by atoms with Gasteiger partial charge in [-0.1, -0.05) is 18.2 Å². The second-order valence-electron chi connectivity index (χ2n) is 4.10. The van der Waals surface area contributed by atoms with Crippen molar-refractivity contribution in [3.8, 4) is 5.75 Å². The van der Waals surface area contributed by atoms with Gasteiger partial charge in [0, 0.05) is 11.3 Å². The second-order valence-corrected chi connectivity index (χ2v) is 4.10. The highest BCUT2D eigenvalue weighted by Crippen LogP contribution is 2.33. The Balaban J connectivity index is 2.50. The molecule has 0 atom stereocenters. The molecule has 0 aliphatic carbocycles. The molecule has 2 rings (SSSR count). The van der Waals surface area contributed by atoms with Crippen molar-refractivity contribution in [1.29, 1.82) is 0 Å². The Hall–Kier alpha value is -1.44. The molecule has 0 aromatic heterocycles. The largest absolute Gasteiger partial charge is 0.496 e. The van der Waals surface area contributed by atoms with Crippen molar-refractivity contribution >= 4 is 11.8 Å². The van der Waals surface area contributed by atoms with Crippen LogP contribution >= 0.6 is 0 Å². The van der Waals surface area contributed by atoms with Crippen molar-refractivity contribution in [3.63, 3.8) is 0 Å². The first-order valence-corrected chi connectivity index (χ1v) is 4.77. The average molecular weight is 189 g/mol. The van der Waals surface area contributed by atoms with Crippen molar-refractivity contribution < 1.29 is 4.74 Å². The zero-order valence-corrected chi connectivity index (χ0v) is 8.79. The Morgan fingerprint density at radius 2 is 2.07 bits per heavy atom. The highest BCUT2D eigenvalue weighted by molar-refractivity contribution is 5.76. The van der Waals surface area contributed by atoms with Crippen LogP contribution in [0.1, 0.15) is 19.4 Å². The first-order chi connectivity index (χ1) is 6.62. The van der Waals surface area contributed by atoms with Crippen LogP contribution in [0.2, 0.25) is 0 Å². The number of benzene rings is 1. The molecule has 0 saturated carbocycles. The molecule has 0 amide bonds. The van der Waals surface area contributed by atoms with Crippen LogP contribution in [0.5, 0.6) is 5.75 Å². The normalized spacial score (nSPS) is 17.1. The Bertz CT molecular complexity index is 380. The maximum Gasteiger partial charge on any atom is 0.128 e. The summed E-state index contributed by atoms with van der Waals surface area (Å²) >= 11 is 0. The average Bonchev–Trinajstić information content (AvgIpc) is 2.15. The highest BCUT2D eigenvalue weighted by atomic mass is 16.5. The van der Waals surface area contributed by atoms with Crippen LogP contribution in [-0.4, -0.2) is 12.6 Å². The SMILES string of the molecule is COc1cccc2c1C=CC(C)(C)N2. The van der Waals surface area contributed by atoms with Crippen LogP contribution in [0.4, 0.5) is 5.69 Å². The molecular weight excluding hydrogens is 174 g/mol. The summed E-state index contributed by atoms with van der Waals surface area (Å²) in [5.74, 6) is 0.918. The third kappa shape index (κ3) is 1.48. The number of hydrogen-bond donors (Lipinski definition) is 1. The van der Waals surface area contributed by atoms with Gasteiger partial charge in [0.2, 0.25) is 0 Å². The van der Waals surface area contributed by atoms with Gasteiger partial charge in [-0.3, -0.25) is 0 Å². The van der Waals surface area contributed by atoms with Gasteiger partial charge >= 0.3 is 0 Å². The molecule has 74 valence electrons. The molecule has 1 aliphatic heterocycles. The Labute approximate surface area is 84.6 Å². The monoisotopic (exact) mass is 189 g/mol. The molecule has 1 aromatic rings. The van der Waals surface area contributed by atoms with Crippen LogP contribution < -0.4 is 10.1 Å². The fourth-order valence-electron chi connectivity index (χ4n) is 1.68. The molecule has 1 N–H and O–H groups in total. The van der Waals surface area contributed by atoms with Crippen LogP contribution in [-0.2, 0) is 0 Å². The molecule has 2 heteroatoms. The Morgan fingerprint density at radius 1 is 1.29 bits per heavy atom. The quantitative estimate of drug-likeness (QED) is 0.733. The van der Waals surface area contributed by atoms with E-state index in [1.165, 1.54) is 0 Å². The zero-order chi connectivity index (χ0) is 10.2. The predicted molar refractivity (Wildman–Crippen MR) is 59.7 cm³/mol. The van der Waals surface area contributed by atoms with Gasteiger partial charge in [-0.05, 0) is 26.0 Å². The molecule has 0 radical (unpaired) electrons. The second kappa shape index (κ2) is 3.05. The maximum atomic E-state index is 5.29. The molecule has 0 bridgehead atoms. The van der Waals surface area contributed by atoms with Crippen molar-refractivity contribution in [2.24, 2.45) is 0 Å². The van der Waals surface area contributed by atoms with Gasteiger partial charge in [-0.25, -0.2) is 0 Å². The molecule has 0 saturated heterocycles. The minimum Gasteiger partial charge on any atom is -0.496 e. The lowest BCUT2D eigenvalue weighted by molar-refractivity contribution is 0.413. The minimum absolute atomic E-state index is 0.0271. The number of fused-ring (bicyclic) bond motifs is 1. The number of rotatable bonds is 1. The maximum absolute atomic E-state index is 5.29. The topological polar surface area (TPSA) is 21.3 Å². The van der Waals surface area contributed by atoms with E-state index in [-0.39, 0.29) is 5.54 Å². The van der Waals surface area contributed by atoms with Gasteiger partial charge in [-0.15, -0.1) is 0 Å². The van der Waals surface area contributed by atoms with Crippen LogP contribution in [0.15, 0.2) is 24.3 Å². The van der Waals surface area contributed by atoms with E-state index in [0.29, 0.717) is 0 Å². The molecule has 0 spiro atoms. The smallest absolute Gasteiger partial charge is 0.128 e. The number of nitrogens with one attached hydrogen (secondary N) is 1. The van der Waals surface area contributed by atoms with Gasteiger partial charge < -0.3 is 10.1 Å². The molecule has 14 heavy (non-hydrogen) atoms. The van der Waals surface area contributed by atoms with Gasteiger partial charge in [-0.2, -0.15) is 0 Å². The number of methoxy groups -OCH3 is 1. The summed E-state index contributed by atoms with van der Waals surface area (Å²) in [6.07, 6.45) is 4.27. The first kappa shape index (κ1) is 9.13. The van der Waals surface area contributed by atoms with Gasteiger partial charge in [0.15, 0.2) is 0 Å². The van der Waals surface area contributed by atoms with E-state index >= 15 is 0 Å². The van der Waals surface area contributed by atoms with Crippen molar-refractivity contribution in [3.05, 3.63) is 29.8 Å². The summed E-state index contributed by atoms with van der Waals surface area (Å²) in [7, 11) is 1.70. The third-order valence-electron chi connectivity index (χ3n) is 2.41. The standard InChI is InChI=1S/C12H15NO/c1-12(2)8-7-9-10(13-12)5-4-6-11(9)14-3/h4-8,13H,1-3H3. The summed E-state index contributed by atoms with van der Waals surface area (Å²) in [5.41, 5.74) is 2.30. The summed E-state index contributed by atoms with van der Waals surface area (Å²) in [4.78, 5) is 0. The molecule has 0 unspecified atom stereocenters. The molecule has 2 nitrogen and oxygen atoms in total. The molecular formula is C12H15NO. The van der Waals surface area contributed by atoms with E-state index in [2.05, 4.69) is 37.4 Å². The van der Waals surface area contributed by atoms with E-state index in [1.807, 2.05) is 12.1 Å². The molecule has 1 aromatic carbocycles. The lowest BCUT2D eigenvalue weighted by Crippen LogP contribution is -2.30. The number of ether oxygens (including phenoxy) is 1. The highest BCUT2D eigenvalue weighted by Gasteiger charge is 2.20. The zero-order valence-electron chi connectivity index (χ0n) is 8.79. The Morgan fingerprint density at radius 3 is 2.79 bits per heavy atom. The lowest BCUT2D eigenvalue weighted by atomic mass is 9.96. The fraction of sp³-hybridized carbons (Fsp3) is 0.333. The van der Waals surface area contributed by atoms with Crippen LogP contribution in [0, 0.1) is 0 Å². The van der Waals surface area contributed by atoms with Gasteiger partial charge in [0.05, 0.1) is 12.6 Å². The van der Waals surface area contributed by atoms with Crippen LogP contribution in [0.3, 0.4) is 0 Å². The lowest BCUT2D eigenvalue weighted by Gasteiger charge is -2.29. The van der Waals surface area contributed by atoms with Gasteiger partial charge in [0.1, 0.15) is 5.75 Å². The summed E-state index contributed by atoms with van der Waals surface area (Å²) in [6, 6.07) is 6.05. The molecule has 1 heterocycles. The number of anilines is 1. The van der Waals surface area contributed by atoms with Crippen molar-refractivity contribution in [2.75, 3.05) is 12.4 Å².